The van der Waals surface area contributed by atoms with Crippen LogP contribution < -0.4 is 0 Å². The van der Waals surface area contributed by atoms with Crippen LogP contribution in [0.3, 0.4) is 0 Å². The average Bonchev–Trinajstić information content (AvgIpc) is 2.75. The molecule has 1 saturated heterocycles. The van der Waals surface area contributed by atoms with E-state index < -0.39 is 0 Å². The van der Waals surface area contributed by atoms with E-state index in [0.717, 1.165) is 43.8 Å². The Morgan fingerprint density at radius 3 is 3.00 bits per heavy atom. The van der Waals surface area contributed by atoms with E-state index >= 15 is 0 Å². The molecular weight excluding hydrogens is 308 g/mol. The molecule has 0 N–H and O–H groups in total. The quantitative estimate of drug-likeness (QED) is 0.775. The predicted octanol–water partition coefficient (Wildman–Crippen LogP) is 2.06. The summed E-state index contributed by atoms with van der Waals surface area (Å²) in [6.07, 6.45) is 2.97. The molecule has 19 heavy (non-hydrogen) atoms. The van der Waals surface area contributed by atoms with E-state index in [4.69, 9.17) is 4.74 Å². The highest BCUT2D eigenvalue weighted by Crippen LogP contribution is 2.23. The molecule has 0 amide bonds. The summed E-state index contributed by atoms with van der Waals surface area (Å²) in [6.45, 7) is 10.1. The minimum atomic E-state index is -0.105. The fourth-order valence-corrected chi connectivity index (χ4v) is 2.96. The summed E-state index contributed by atoms with van der Waals surface area (Å²) in [5, 5.41) is 5.15. The molecule has 1 fully saturated rings. The molecule has 2 heterocycles. The monoisotopic (exact) mass is 330 g/mol. The number of aryl methyl sites for hydroxylation is 1. The summed E-state index contributed by atoms with van der Waals surface area (Å²) in [6, 6.07) is 0. The molecule has 0 spiro atoms. The molecule has 1 aliphatic rings. The zero-order valence-corrected chi connectivity index (χ0v) is 13.6. The van der Waals surface area contributed by atoms with Gasteiger partial charge in [-0.3, -0.25) is 4.90 Å². The van der Waals surface area contributed by atoms with Crippen molar-refractivity contribution in [3.8, 4) is 0 Å². The van der Waals surface area contributed by atoms with Crippen molar-refractivity contribution in [1.29, 1.82) is 0 Å². The first-order chi connectivity index (χ1) is 9.04. The van der Waals surface area contributed by atoms with Gasteiger partial charge in [0.2, 0.25) is 0 Å². The summed E-state index contributed by atoms with van der Waals surface area (Å²) in [5.41, 5.74) is -0.105. The van der Waals surface area contributed by atoms with Crippen LogP contribution in [0.4, 0.5) is 0 Å². The number of ether oxygens (including phenoxy) is 1. The Balaban J connectivity index is 2.03. The number of alkyl halides is 1. The topological polar surface area (TPSA) is 43.2 Å². The highest BCUT2D eigenvalue weighted by atomic mass is 79.9. The Labute approximate surface area is 123 Å². The van der Waals surface area contributed by atoms with Crippen molar-refractivity contribution in [3.05, 3.63) is 12.2 Å². The zero-order chi connectivity index (χ0) is 13.9. The first-order valence-corrected chi connectivity index (χ1v) is 7.99. The van der Waals surface area contributed by atoms with Crippen LogP contribution >= 0.6 is 15.9 Å². The fourth-order valence-electron chi connectivity index (χ4n) is 2.63. The maximum absolute atomic E-state index is 6.02. The van der Waals surface area contributed by atoms with E-state index in [0.29, 0.717) is 0 Å². The Bertz CT molecular complexity index is 407. The van der Waals surface area contributed by atoms with E-state index in [1.54, 1.807) is 6.33 Å². The van der Waals surface area contributed by atoms with Crippen LogP contribution in [0.15, 0.2) is 6.33 Å². The normalized spacial score (nSPS) is 23.7. The van der Waals surface area contributed by atoms with Crippen molar-refractivity contribution in [1.82, 2.24) is 19.7 Å². The summed E-state index contributed by atoms with van der Waals surface area (Å²) in [7, 11) is 0. The van der Waals surface area contributed by atoms with E-state index in [2.05, 4.69) is 51.7 Å². The van der Waals surface area contributed by atoms with Gasteiger partial charge in [-0.1, -0.05) is 22.9 Å². The second kappa shape index (κ2) is 6.33. The largest absolute Gasteiger partial charge is 0.369 e. The number of hydrogen-bond donors (Lipinski definition) is 0. The molecule has 1 atom stereocenters. The highest BCUT2D eigenvalue weighted by Gasteiger charge is 2.33. The summed E-state index contributed by atoms with van der Waals surface area (Å²) >= 11 is 3.52. The SMILES string of the molecule is CCCn1ncnc1CN1CC(CBr)OC(C)(C)C1. The maximum Gasteiger partial charge on any atom is 0.141 e. The fraction of sp³-hybridized carbons (Fsp3) is 0.846. The molecule has 5 nitrogen and oxygen atoms in total. The second-order valence-corrected chi connectivity index (χ2v) is 6.37. The number of halogens is 1. The summed E-state index contributed by atoms with van der Waals surface area (Å²) in [5.74, 6) is 1.05. The van der Waals surface area contributed by atoms with Crippen molar-refractivity contribution in [2.24, 2.45) is 0 Å². The number of morpholine rings is 1. The Kier molecular flexibility index (Phi) is 4.97. The van der Waals surface area contributed by atoms with E-state index in [1.807, 2.05) is 4.68 Å². The van der Waals surface area contributed by atoms with Gasteiger partial charge < -0.3 is 4.74 Å². The smallest absolute Gasteiger partial charge is 0.141 e. The first kappa shape index (κ1) is 14.9. The number of hydrogen-bond acceptors (Lipinski definition) is 4. The van der Waals surface area contributed by atoms with E-state index in [-0.39, 0.29) is 11.7 Å². The zero-order valence-electron chi connectivity index (χ0n) is 12.0. The standard InChI is InChI=1S/C13H23BrN4O/c1-4-5-18-12(15-10-16-18)8-17-7-11(6-14)19-13(2,3)9-17/h10-11H,4-9H2,1-3H3. The lowest BCUT2D eigenvalue weighted by Gasteiger charge is -2.42. The number of rotatable bonds is 5. The van der Waals surface area contributed by atoms with Crippen molar-refractivity contribution in [2.45, 2.75) is 52.0 Å². The lowest BCUT2D eigenvalue weighted by molar-refractivity contribution is -0.129. The van der Waals surface area contributed by atoms with Crippen LogP contribution in [0.2, 0.25) is 0 Å². The van der Waals surface area contributed by atoms with Crippen molar-refractivity contribution in [2.75, 3.05) is 18.4 Å². The Morgan fingerprint density at radius 1 is 1.53 bits per heavy atom. The van der Waals surface area contributed by atoms with Gasteiger partial charge in [0, 0.05) is 25.0 Å². The van der Waals surface area contributed by atoms with Gasteiger partial charge in [0.05, 0.1) is 18.2 Å². The van der Waals surface area contributed by atoms with Crippen molar-refractivity contribution >= 4 is 15.9 Å². The predicted molar refractivity (Wildman–Crippen MR) is 78.3 cm³/mol. The van der Waals surface area contributed by atoms with Gasteiger partial charge in [0.1, 0.15) is 12.2 Å². The molecule has 1 unspecified atom stereocenters. The Hall–Kier alpha value is -0.460. The van der Waals surface area contributed by atoms with Crippen LogP contribution in [0.25, 0.3) is 0 Å². The molecule has 1 aromatic heterocycles. The van der Waals surface area contributed by atoms with Gasteiger partial charge in [-0.05, 0) is 20.3 Å². The van der Waals surface area contributed by atoms with Crippen LogP contribution in [0.1, 0.15) is 33.0 Å². The van der Waals surface area contributed by atoms with Gasteiger partial charge >= 0.3 is 0 Å². The summed E-state index contributed by atoms with van der Waals surface area (Å²) in [4.78, 5) is 6.79. The molecular formula is C13H23BrN4O. The number of aromatic nitrogens is 3. The maximum atomic E-state index is 6.02. The Morgan fingerprint density at radius 2 is 2.32 bits per heavy atom. The molecule has 2 rings (SSSR count). The lowest BCUT2D eigenvalue weighted by Crippen LogP contribution is -2.53. The highest BCUT2D eigenvalue weighted by molar-refractivity contribution is 9.09. The third kappa shape index (κ3) is 4.00. The third-order valence-corrected chi connectivity index (χ3v) is 3.94. The van der Waals surface area contributed by atoms with Gasteiger partial charge in [-0.2, -0.15) is 5.10 Å². The average molecular weight is 331 g/mol. The second-order valence-electron chi connectivity index (χ2n) is 5.72. The van der Waals surface area contributed by atoms with E-state index in [1.165, 1.54) is 0 Å². The van der Waals surface area contributed by atoms with Gasteiger partial charge in [0.15, 0.2) is 0 Å². The molecule has 0 saturated carbocycles. The lowest BCUT2D eigenvalue weighted by atomic mass is 10.1. The van der Waals surface area contributed by atoms with Gasteiger partial charge in [0.25, 0.3) is 0 Å². The van der Waals surface area contributed by atoms with Crippen LogP contribution in [0.5, 0.6) is 0 Å². The van der Waals surface area contributed by atoms with Gasteiger partial charge in [-0.15, -0.1) is 0 Å². The van der Waals surface area contributed by atoms with Gasteiger partial charge in [-0.25, -0.2) is 9.67 Å². The first-order valence-electron chi connectivity index (χ1n) is 6.87. The number of nitrogens with zero attached hydrogens (tertiary/aromatic N) is 4. The molecule has 1 aliphatic heterocycles. The van der Waals surface area contributed by atoms with Crippen molar-refractivity contribution in [3.63, 3.8) is 0 Å². The molecule has 1 aromatic rings. The minimum absolute atomic E-state index is 0.105. The molecule has 0 radical (unpaired) electrons. The molecule has 0 aliphatic carbocycles. The van der Waals surface area contributed by atoms with Crippen LogP contribution in [-0.2, 0) is 17.8 Å². The van der Waals surface area contributed by atoms with Crippen LogP contribution in [0, 0.1) is 0 Å². The third-order valence-electron chi connectivity index (χ3n) is 3.22. The minimum Gasteiger partial charge on any atom is -0.369 e. The molecule has 108 valence electrons. The van der Waals surface area contributed by atoms with E-state index in [9.17, 15) is 0 Å². The molecule has 6 heteroatoms. The van der Waals surface area contributed by atoms with Crippen LogP contribution in [-0.4, -0.2) is 49.8 Å². The molecule has 0 bridgehead atoms. The van der Waals surface area contributed by atoms with Crippen molar-refractivity contribution < 1.29 is 4.74 Å². The summed E-state index contributed by atoms with van der Waals surface area (Å²) < 4.78 is 8.02. The molecule has 0 aromatic carbocycles.